The Morgan fingerprint density at radius 1 is 1.27 bits per heavy atom. The molecule has 0 radical (unpaired) electrons. The predicted octanol–water partition coefficient (Wildman–Crippen LogP) is 1.83. The van der Waals surface area contributed by atoms with E-state index >= 15 is 0 Å². The van der Waals surface area contributed by atoms with Gasteiger partial charge in [-0.25, -0.2) is 0 Å². The molecule has 4 heteroatoms. The number of aryl methyl sites for hydroxylation is 1. The van der Waals surface area contributed by atoms with Gasteiger partial charge in [-0.1, -0.05) is 6.07 Å². The zero-order valence-electron chi connectivity index (χ0n) is 8.33. The molecule has 0 aromatic carbocycles. The van der Waals surface area contributed by atoms with E-state index in [1.807, 2.05) is 18.2 Å². The minimum absolute atomic E-state index is 0.921. The van der Waals surface area contributed by atoms with Crippen LogP contribution in [-0.4, -0.2) is 21.7 Å². The van der Waals surface area contributed by atoms with Crippen LogP contribution in [0.4, 0.5) is 5.69 Å². The second-order valence-corrected chi connectivity index (χ2v) is 3.67. The molecule has 3 heterocycles. The third-order valence-electron chi connectivity index (χ3n) is 2.65. The van der Waals surface area contributed by atoms with Crippen LogP contribution in [-0.2, 0) is 6.42 Å². The Labute approximate surface area is 87.7 Å². The number of rotatable bonds is 1. The van der Waals surface area contributed by atoms with Crippen LogP contribution in [0, 0.1) is 0 Å². The van der Waals surface area contributed by atoms with Crippen LogP contribution >= 0.6 is 0 Å². The predicted molar refractivity (Wildman–Crippen MR) is 58.6 cm³/mol. The molecule has 0 spiro atoms. The number of pyridine rings is 1. The molecule has 0 bridgehead atoms. The van der Waals surface area contributed by atoms with Crippen LogP contribution in [0.25, 0.3) is 11.4 Å². The molecule has 2 N–H and O–H groups in total. The number of H-pyrrole nitrogens is 1. The van der Waals surface area contributed by atoms with Crippen molar-refractivity contribution in [3.05, 3.63) is 30.1 Å². The van der Waals surface area contributed by atoms with Crippen molar-refractivity contribution in [2.75, 3.05) is 11.9 Å². The molecule has 2 aromatic rings. The third kappa shape index (κ3) is 1.38. The number of anilines is 1. The molecule has 0 fully saturated rings. The fourth-order valence-electron chi connectivity index (χ4n) is 1.92. The molecule has 4 nitrogen and oxygen atoms in total. The standard InChI is InChI=1S/C11H12N4/c1-2-6-12-8(4-1)11-10-9(14-15-11)5-3-7-13-10/h1-2,4,6,13H,3,5,7H2,(H,14,15). The van der Waals surface area contributed by atoms with Gasteiger partial charge in [-0.3, -0.25) is 10.1 Å². The fourth-order valence-corrected chi connectivity index (χ4v) is 1.92. The van der Waals surface area contributed by atoms with E-state index in [-0.39, 0.29) is 0 Å². The average Bonchev–Trinajstić information content (AvgIpc) is 2.74. The molecule has 1 aliphatic heterocycles. The molecular weight excluding hydrogens is 188 g/mol. The van der Waals surface area contributed by atoms with Gasteiger partial charge in [-0.15, -0.1) is 0 Å². The molecule has 2 aromatic heterocycles. The molecule has 1 aliphatic rings. The molecule has 0 amide bonds. The summed E-state index contributed by atoms with van der Waals surface area (Å²) in [5.74, 6) is 0. The summed E-state index contributed by atoms with van der Waals surface area (Å²) < 4.78 is 0. The van der Waals surface area contributed by atoms with Crippen LogP contribution in [0.3, 0.4) is 0 Å². The summed E-state index contributed by atoms with van der Waals surface area (Å²) in [6, 6.07) is 5.87. The smallest absolute Gasteiger partial charge is 0.134 e. The van der Waals surface area contributed by atoms with Crippen LogP contribution in [0.15, 0.2) is 24.4 Å². The zero-order valence-corrected chi connectivity index (χ0v) is 8.33. The van der Waals surface area contributed by atoms with Gasteiger partial charge in [0, 0.05) is 12.7 Å². The van der Waals surface area contributed by atoms with Crippen molar-refractivity contribution < 1.29 is 0 Å². The molecule has 0 saturated heterocycles. The van der Waals surface area contributed by atoms with Crippen LogP contribution in [0.2, 0.25) is 0 Å². The Kier molecular flexibility index (Phi) is 1.91. The summed E-state index contributed by atoms with van der Waals surface area (Å²) in [7, 11) is 0. The second kappa shape index (κ2) is 3.38. The van der Waals surface area contributed by atoms with E-state index in [0.717, 1.165) is 36.5 Å². The molecule has 0 atom stereocenters. The quantitative estimate of drug-likeness (QED) is 0.738. The topological polar surface area (TPSA) is 53.6 Å². The number of hydrogen-bond donors (Lipinski definition) is 2. The Morgan fingerprint density at radius 2 is 2.27 bits per heavy atom. The number of hydrogen-bond acceptors (Lipinski definition) is 3. The van der Waals surface area contributed by atoms with Crippen molar-refractivity contribution in [3.63, 3.8) is 0 Å². The summed E-state index contributed by atoms with van der Waals surface area (Å²) in [4.78, 5) is 4.31. The second-order valence-electron chi connectivity index (χ2n) is 3.67. The maximum Gasteiger partial charge on any atom is 0.134 e. The van der Waals surface area contributed by atoms with Gasteiger partial charge in [0.25, 0.3) is 0 Å². The number of nitrogens with zero attached hydrogens (tertiary/aromatic N) is 2. The first kappa shape index (κ1) is 8.47. The third-order valence-corrected chi connectivity index (χ3v) is 2.65. The molecule has 15 heavy (non-hydrogen) atoms. The summed E-state index contributed by atoms with van der Waals surface area (Å²) in [5, 5.41) is 10.8. The van der Waals surface area contributed by atoms with Gasteiger partial charge >= 0.3 is 0 Å². The zero-order chi connectivity index (χ0) is 10.1. The minimum atomic E-state index is 0.921. The van der Waals surface area contributed by atoms with Crippen LogP contribution in [0.5, 0.6) is 0 Å². The highest BCUT2D eigenvalue weighted by Crippen LogP contribution is 2.29. The first-order valence-corrected chi connectivity index (χ1v) is 5.17. The number of nitrogens with one attached hydrogen (secondary N) is 2. The SMILES string of the molecule is c1ccc(-c2n[nH]c3c2NCCC3)nc1. The van der Waals surface area contributed by atoms with Gasteiger partial charge < -0.3 is 5.32 Å². The van der Waals surface area contributed by atoms with Gasteiger partial charge in [-0.05, 0) is 25.0 Å². The van der Waals surface area contributed by atoms with Gasteiger partial charge in [-0.2, -0.15) is 5.10 Å². The fraction of sp³-hybridized carbons (Fsp3) is 0.273. The molecule has 0 unspecified atom stereocenters. The molecule has 76 valence electrons. The lowest BCUT2D eigenvalue weighted by molar-refractivity contribution is 0.801. The lowest BCUT2D eigenvalue weighted by atomic mass is 10.1. The molecule has 0 saturated carbocycles. The summed E-state index contributed by atoms with van der Waals surface area (Å²) in [6.07, 6.45) is 4.03. The van der Waals surface area contributed by atoms with Gasteiger partial charge in [0.2, 0.25) is 0 Å². The van der Waals surface area contributed by atoms with Crippen molar-refractivity contribution in [1.29, 1.82) is 0 Å². The Balaban J connectivity index is 2.09. The largest absolute Gasteiger partial charge is 0.382 e. The summed E-state index contributed by atoms with van der Waals surface area (Å²) >= 11 is 0. The van der Waals surface area contributed by atoms with Crippen LogP contribution in [0.1, 0.15) is 12.1 Å². The molecular formula is C11H12N4. The first-order chi connectivity index (χ1) is 7.45. The van der Waals surface area contributed by atoms with Gasteiger partial charge in [0.05, 0.1) is 17.1 Å². The van der Waals surface area contributed by atoms with Crippen LogP contribution < -0.4 is 5.32 Å². The van der Waals surface area contributed by atoms with Crippen molar-refractivity contribution in [3.8, 4) is 11.4 Å². The highest BCUT2D eigenvalue weighted by atomic mass is 15.2. The maximum atomic E-state index is 4.32. The van der Waals surface area contributed by atoms with Gasteiger partial charge in [0.15, 0.2) is 0 Å². The molecule has 3 rings (SSSR count). The van der Waals surface area contributed by atoms with Gasteiger partial charge in [0.1, 0.15) is 5.69 Å². The lowest BCUT2D eigenvalue weighted by Crippen LogP contribution is -2.11. The summed E-state index contributed by atoms with van der Waals surface area (Å²) in [5.41, 5.74) is 4.18. The van der Waals surface area contributed by atoms with E-state index in [4.69, 9.17) is 0 Å². The number of fused-ring (bicyclic) bond motifs is 1. The average molecular weight is 200 g/mol. The van der Waals surface area contributed by atoms with Crippen molar-refractivity contribution in [1.82, 2.24) is 15.2 Å². The van der Waals surface area contributed by atoms with E-state index in [0.29, 0.717) is 0 Å². The van der Waals surface area contributed by atoms with E-state index in [2.05, 4.69) is 20.5 Å². The van der Waals surface area contributed by atoms with E-state index < -0.39 is 0 Å². The first-order valence-electron chi connectivity index (χ1n) is 5.17. The highest BCUT2D eigenvalue weighted by molar-refractivity contribution is 5.74. The van der Waals surface area contributed by atoms with E-state index in [9.17, 15) is 0 Å². The van der Waals surface area contributed by atoms with E-state index in [1.54, 1.807) is 6.20 Å². The number of aromatic nitrogens is 3. The van der Waals surface area contributed by atoms with Crippen molar-refractivity contribution >= 4 is 5.69 Å². The molecule has 0 aliphatic carbocycles. The normalized spacial score (nSPS) is 14.4. The van der Waals surface area contributed by atoms with Crippen molar-refractivity contribution in [2.24, 2.45) is 0 Å². The minimum Gasteiger partial charge on any atom is -0.382 e. The Morgan fingerprint density at radius 3 is 3.13 bits per heavy atom. The lowest BCUT2D eigenvalue weighted by Gasteiger charge is -2.13. The Bertz CT molecular complexity index is 461. The monoisotopic (exact) mass is 200 g/mol. The highest BCUT2D eigenvalue weighted by Gasteiger charge is 2.17. The maximum absolute atomic E-state index is 4.32. The van der Waals surface area contributed by atoms with Crippen molar-refractivity contribution in [2.45, 2.75) is 12.8 Å². The van der Waals surface area contributed by atoms with E-state index in [1.165, 1.54) is 5.69 Å². The summed E-state index contributed by atoms with van der Waals surface area (Å²) in [6.45, 7) is 1.02. The number of aromatic amines is 1. The Hall–Kier alpha value is -1.84.